The van der Waals surface area contributed by atoms with Crippen LogP contribution in [0.25, 0.3) is 0 Å². The predicted molar refractivity (Wildman–Crippen MR) is 69.2 cm³/mol. The molecule has 0 atom stereocenters. The van der Waals surface area contributed by atoms with Gasteiger partial charge in [0.1, 0.15) is 5.82 Å². The van der Waals surface area contributed by atoms with Crippen molar-refractivity contribution >= 4 is 23.3 Å². The molecule has 0 aliphatic carbocycles. The summed E-state index contributed by atoms with van der Waals surface area (Å²) in [7, 11) is 1.20. The van der Waals surface area contributed by atoms with Crippen LogP contribution < -0.4 is 16.4 Å². The van der Waals surface area contributed by atoms with Crippen molar-refractivity contribution in [2.75, 3.05) is 30.8 Å². The topological polar surface area (TPSA) is 98.6 Å². The maximum absolute atomic E-state index is 13.9. The predicted octanol–water partition coefficient (Wildman–Crippen LogP) is 0.506. The van der Waals surface area contributed by atoms with Gasteiger partial charge in [0.25, 0.3) is 0 Å². The molecule has 0 aliphatic heterocycles. The second-order valence-electron chi connectivity index (χ2n) is 3.86. The van der Waals surface area contributed by atoms with E-state index in [9.17, 15) is 14.0 Å². The highest BCUT2D eigenvalue weighted by molar-refractivity contribution is 5.96. The van der Waals surface area contributed by atoms with Gasteiger partial charge in [0, 0.05) is 12.2 Å². The molecule has 0 bridgehead atoms. The van der Waals surface area contributed by atoms with Crippen molar-refractivity contribution in [2.45, 2.75) is 6.92 Å². The molecule has 1 amide bonds. The number of anilines is 2. The number of nitrogen functional groups attached to an aromatic ring is 1. The van der Waals surface area contributed by atoms with Gasteiger partial charge in [-0.2, -0.15) is 0 Å². The smallest absolute Gasteiger partial charge is 0.340 e. The van der Waals surface area contributed by atoms with E-state index in [1.54, 1.807) is 6.92 Å². The molecule has 0 unspecified atom stereocenters. The third kappa shape index (κ3) is 3.34. The van der Waals surface area contributed by atoms with Crippen LogP contribution in [0.1, 0.15) is 17.3 Å². The maximum atomic E-state index is 13.9. The number of carbonyl (C=O) groups is 2. The third-order valence-corrected chi connectivity index (χ3v) is 2.59. The second-order valence-corrected chi connectivity index (χ2v) is 3.86. The van der Waals surface area contributed by atoms with E-state index in [1.165, 1.54) is 18.1 Å². The van der Waals surface area contributed by atoms with Gasteiger partial charge in [-0.25, -0.2) is 9.18 Å². The number of nitrogens with two attached hydrogens (primary N) is 2. The zero-order chi connectivity index (χ0) is 14.6. The summed E-state index contributed by atoms with van der Waals surface area (Å²) in [6.45, 7) is 1.93. The lowest BCUT2D eigenvalue weighted by atomic mass is 10.1. The average Bonchev–Trinajstić information content (AvgIpc) is 2.35. The molecule has 6 nitrogen and oxygen atoms in total. The van der Waals surface area contributed by atoms with E-state index < -0.39 is 17.7 Å². The van der Waals surface area contributed by atoms with Gasteiger partial charge in [-0.05, 0) is 19.1 Å². The number of hydrogen-bond donors (Lipinski definition) is 2. The van der Waals surface area contributed by atoms with Gasteiger partial charge < -0.3 is 21.1 Å². The summed E-state index contributed by atoms with van der Waals surface area (Å²) in [5, 5.41) is 0. The van der Waals surface area contributed by atoms with E-state index in [0.29, 0.717) is 6.54 Å². The summed E-state index contributed by atoms with van der Waals surface area (Å²) >= 11 is 0. The fourth-order valence-electron chi connectivity index (χ4n) is 1.66. The number of esters is 1. The van der Waals surface area contributed by atoms with Crippen LogP contribution in [0.3, 0.4) is 0 Å². The minimum absolute atomic E-state index is 0.0248. The first-order valence-electron chi connectivity index (χ1n) is 5.61. The van der Waals surface area contributed by atoms with Crippen molar-refractivity contribution < 1.29 is 18.7 Å². The van der Waals surface area contributed by atoms with E-state index in [-0.39, 0.29) is 23.5 Å². The molecule has 0 fully saturated rings. The number of ether oxygens (including phenoxy) is 1. The number of nitrogens with zero attached hydrogens (tertiary/aromatic N) is 1. The van der Waals surface area contributed by atoms with Gasteiger partial charge in [0.05, 0.1) is 24.9 Å². The molecular formula is C12H16FN3O3. The Morgan fingerprint density at radius 1 is 1.42 bits per heavy atom. The summed E-state index contributed by atoms with van der Waals surface area (Å²) in [5.74, 6) is -1.90. The van der Waals surface area contributed by atoms with Crippen LogP contribution in [0.5, 0.6) is 0 Å². The number of amides is 1. The summed E-state index contributed by atoms with van der Waals surface area (Å²) in [5.41, 5.74) is 10.7. The molecule has 0 aliphatic rings. The average molecular weight is 269 g/mol. The number of hydrogen-bond acceptors (Lipinski definition) is 5. The largest absolute Gasteiger partial charge is 0.465 e. The molecule has 4 N–H and O–H groups in total. The molecule has 19 heavy (non-hydrogen) atoms. The van der Waals surface area contributed by atoms with Crippen molar-refractivity contribution in [1.82, 2.24) is 0 Å². The van der Waals surface area contributed by atoms with E-state index in [0.717, 1.165) is 6.07 Å². The molecule has 1 rings (SSSR count). The van der Waals surface area contributed by atoms with Crippen molar-refractivity contribution in [1.29, 1.82) is 0 Å². The van der Waals surface area contributed by atoms with Crippen LogP contribution in [0, 0.1) is 5.82 Å². The van der Waals surface area contributed by atoms with Crippen molar-refractivity contribution in [3.63, 3.8) is 0 Å². The Kier molecular flexibility index (Phi) is 4.68. The quantitative estimate of drug-likeness (QED) is 0.599. The summed E-state index contributed by atoms with van der Waals surface area (Å²) in [6.07, 6.45) is 0. The van der Waals surface area contributed by atoms with Gasteiger partial charge in [0.2, 0.25) is 5.91 Å². The van der Waals surface area contributed by atoms with Gasteiger partial charge in [-0.3, -0.25) is 4.79 Å². The number of methoxy groups -OCH3 is 1. The van der Waals surface area contributed by atoms with Crippen LogP contribution in [-0.2, 0) is 9.53 Å². The standard InChI is InChI=1S/C12H16FN3O3/c1-3-16(6-11(15)17)10-4-7(12(18)19-2)9(14)5-8(10)13/h4-5H,3,6,14H2,1-2H3,(H2,15,17). The zero-order valence-electron chi connectivity index (χ0n) is 10.8. The number of halogens is 1. The first-order valence-corrected chi connectivity index (χ1v) is 5.61. The lowest BCUT2D eigenvalue weighted by Crippen LogP contribution is -2.34. The van der Waals surface area contributed by atoms with Crippen molar-refractivity contribution in [2.24, 2.45) is 5.73 Å². The Labute approximate surface area is 110 Å². The summed E-state index contributed by atoms with van der Waals surface area (Å²) < 4.78 is 18.4. The minimum Gasteiger partial charge on any atom is -0.465 e. The van der Waals surface area contributed by atoms with Gasteiger partial charge in [0.15, 0.2) is 0 Å². The van der Waals surface area contributed by atoms with Crippen LogP contribution in [0.15, 0.2) is 12.1 Å². The second kappa shape index (κ2) is 6.03. The van der Waals surface area contributed by atoms with E-state index in [1.807, 2.05) is 0 Å². The first-order chi connectivity index (χ1) is 8.90. The first kappa shape index (κ1) is 14.7. The van der Waals surface area contributed by atoms with E-state index in [2.05, 4.69) is 4.74 Å². The molecule has 0 spiro atoms. The molecule has 0 radical (unpaired) electrons. The molecule has 0 heterocycles. The number of rotatable bonds is 5. The fraction of sp³-hybridized carbons (Fsp3) is 0.333. The number of benzene rings is 1. The van der Waals surface area contributed by atoms with Gasteiger partial charge in [-0.15, -0.1) is 0 Å². The molecule has 1 aromatic rings. The molecule has 7 heteroatoms. The zero-order valence-corrected chi connectivity index (χ0v) is 10.8. The van der Waals surface area contributed by atoms with Crippen LogP contribution in [-0.4, -0.2) is 32.1 Å². The SMILES string of the molecule is CCN(CC(N)=O)c1cc(C(=O)OC)c(N)cc1F. The fourth-order valence-corrected chi connectivity index (χ4v) is 1.66. The Morgan fingerprint density at radius 3 is 2.53 bits per heavy atom. The van der Waals surface area contributed by atoms with Crippen LogP contribution in [0.4, 0.5) is 15.8 Å². The maximum Gasteiger partial charge on any atom is 0.340 e. The minimum atomic E-state index is -0.672. The number of primary amides is 1. The third-order valence-electron chi connectivity index (χ3n) is 2.59. The van der Waals surface area contributed by atoms with Gasteiger partial charge in [-0.1, -0.05) is 0 Å². The van der Waals surface area contributed by atoms with E-state index in [4.69, 9.17) is 11.5 Å². The normalized spacial score (nSPS) is 10.1. The molecule has 0 saturated carbocycles. The van der Waals surface area contributed by atoms with Crippen LogP contribution >= 0.6 is 0 Å². The number of likely N-dealkylation sites (N-methyl/N-ethyl adjacent to an activating group) is 1. The molecule has 104 valence electrons. The Balaban J connectivity index is 3.26. The lowest BCUT2D eigenvalue weighted by molar-refractivity contribution is -0.116. The van der Waals surface area contributed by atoms with Crippen molar-refractivity contribution in [3.8, 4) is 0 Å². The molecule has 0 aromatic heterocycles. The van der Waals surface area contributed by atoms with Crippen molar-refractivity contribution in [3.05, 3.63) is 23.5 Å². The molecule has 1 aromatic carbocycles. The van der Waals surface area contributed by atoms with Gasteiger partial charge >= 0.3 is 5.97 Å². The Morgan fingerprint density at radius 2 is 2.05 bits per heavy atom. The summed E-state index contributed by atoms with van der Waals surface area (Å²) in [4.78, 5) is 23.8. The van der Waals surface area contributed by atoms with E-state index >= 15 is 0 Å². The Bertz CT molecular complexity index is 505. The molecule has 0 saturated heterocycles. The number of carbonyl (C=O) groups excluding carboxylic acids is 2. The van der Waals surface area contributed by atoms with Crippen LogP contribution in [0.2, 0.25) is 0 Å². The monoisotopic (exact) mass is 269 g/mol. The lowest BCUT2D eigenvalue weighted by Gasteiger charge is -2.22. The highest BCUT2D eigenvalue weighted by Crippen LogP contribution is 2.26. The summed E-state index contributed by atoms with van der Waals surface area (Å²) in [6, 6.07) is 2.27. The highest BCUT2D eigenvalue weighted by Gasteiger charge is 2.18. The molecular weight excluding hydrogens is 253 g/mol. The highest BCUT2D eigenvalue weighted by atomic mass is 19.1. The Hall–Kier alpha value is -2.31.